The molecule has 2 aromatic rings. The first kappa shape index (κ1) is 12.0. The first-order valence-electron chi connectivity index (χ1n) is 6.65. The van der Waals surface area contributed by atoms with E-state index in [2.05, 4.69) is 9.97 Å². The van der Waals surface area contributed by atoms with Crippen LogP contribution in [0.2, 0.25) is 0 Å². The van der Waals surface area contributed by atoms with Crippen LogP contribution in [0.25, 0.3) is 11.3 Å². The van der Waals surface area contributed by atoms with Gasteiger partial charge < -0.3 is 10.5 Å². The molecule has 0 spiro atoms. The van der Waals surface area contributed by atoms with Crippen molar-refractivity contribution >= 4 is 5.82 Å². The highest BCUT2D eigenvalue weighted by molar-refractivity contribution is 5.63. The maximum atomic E-state index is 5.82. The summed E-state index contributed by atoms with van der Waals surface area (Å²) in [4.78, 5) is 8.71. The zero-order chi connectivity index (χ0) is 13.2. The van der Waals surface area contributed by atoms with Gasteiger partial charge in [0.2, 0.25) is 0 Å². The third kappa shape index (κ3) is 2.84. The Kier molecular flexibility index (Phi) is 3.07. The molecule has 4 heteroatoms. The highest BCUT2D eigenvalue weighted by atomic mass is 16.5. The average Bonchev–Trinajstić information content (AvgIpc) is 3.22. The third-order valence-electron chi connectivity index (χ3n) is 3.07. The van der Waals surface area contributed by atoms with Gasteiger partial charge >= 0.3 is 0 Å². The zero-order valence-corrected chi connectivity index (χ0v) is 11.0. The molecule has 1 aliphatic carbocycles. The minimum absolute atomic E-state index is 0.400. The lowest BCUT2D eigenvalue weighted by Gasteiger charge is -2.08. The number of rotatable bonds is 4. The highest BCUT2D eigenvalue weighted by Gasteiger charge is 2.23. The lowest BCUT2D eigenvalue weighted by Crippen LogP contribution is -2.00. The van der Waals surface area contributed by atoms with E-state index in [-0.39, 0.29) is 0 Å². The molecule has 0 unspecified atom stereocenters. The summed E-state index contributed by atoms with van der Waals surface area (Å²) in [7, 11) is 0. The molecule has 0 saturated heterocycles. The quantitative estimate of drug-likeness (QED) is 0.912. The molecule has 19 heavy (non-hydrogen) atoms. The van der Waals surface area contributed by atoms with E-state index in [4.69, 9.17) is 10.5 Å². The van der Waals surface area contributed by atoms with E-state index in [1.807, 2.05) is 31.2 Å². The van der Waals surface area contributed by atoms with E-state index in [1.165, 1.54) is 0 Å². The van der Waals surface area contributed by atoms with Crippen LogP contribution < -0.4 is 10.5 Å². The monoisotopic (exact) mass is 255 g/mol. The van der Waals surface area contributed by atoms with Gasteiger partial charge in [-0.1, -0.05) is 19.1 Å². The predicted octanol–water partition coefficient (Wildman–Crippen LogP) is 2.83. The summed E-state index contributed by atoms with van der Waals surface area (Å²) < 4.78 is 5.80. The van der Waals surface area contributed by atoms with Gasteiger partial charge in [0, 0.05) is 18.1 Å². The van der Waals surface area contributed by atoms with E-state index in [0.29, 0.717) is 11.9 Å². The van der Waals surface area contributed by atoms with Gasteiger partial charge in [-0.2, -0.15) is 0 Å². The fraction of sp³-hybridized carbons (Fsp3) is 0.333. The van der Waals surface area contributed by atoms with E-state index in [1.54, 1.807) is 6.07 Å². The maximum Gasteiger partial charge on any atom is 0.131 e. The molecule has 1 fully saturated rings. The van der Waals surface area contributed by atoms with Gasteiger partial charge in [-0.25, -0.2) is 9.97 Å². The number of nitrogens with zero attached hydrogens (tertiary/aromatic N) is 2. The standard InChI is InChI=1S/C15H17N3O/c1-2-15-17-13(9-14(16)18-15)10-4-3-5-12(8-10)19-11-6-7-11/h3-5,8-9,11H,2,6-7H2,1H3,(H2,16,17,18). The Morgan fingerprint density at radius 3 is 2.84 bits per heavy atom. The number of ether oxygens (including phenoxy) is 1. The average molecular weight is 255 g/mol. The predicted molar refractivity (Wildman–Crippen MR) is 74.9 cm³/mol. The molecular formula is C15H17N3O. The molecular weight excluding hydrogens is 238 g/mol. The molecule has 4 nitrogen and oxygen atoms in total. The summed E-state index contributed by atoms with van der Waals surface area (Å²) in [5.41, 5.74) is 7.69. The maximum absolute atomic E-state index is 5.82. The van der Waals surface area contributed by atoms with E-state index in [0.717, 1.165) is 42.1 Å². The van der Waals surface area contributed by atoms with Crippen LogP contribution in [0.3, 0.4) is 0 Å². The van der Waals surface area contributed by atoms with Crippen LogP contribution in [0.15, 0.2) is 30.3 Å². The summed E-state index contributed by atoms with van der Waals surface area (Å²) in [6.45, 7) is 2.02. The van der Waals surface area contributed by atoms with Crippen LogP contribution in [0, 0.1) is 0 Å². The van der Waals surface area contributed by atoms with Crippen LogP contribution >= 0.6 is 0 Å². The second kappa shape index (κ2) is 4.88. The van der Waals surface area contributed by atoms with Crippen molar-refractivity contribution in [3.8, 4) is 17.0 Å². The minimum atomic E-state index is 0.400. The van der Waals surface area contributed by atoms with Crippen LogP contribution in [0.1, 0.15) is 25.6 Å². The smallest absolute Gasteiger partial charge is 0.131 e. The molecule has 0 aliphatic heterocycles. The number of aromatic nitrogens is 2. The van der Waals surface area contributed by atoms with Crippen molar-refractivity contribution in [3.05, 3.63) is 36.2 Å². The van der Waals surface area contributed by atoms with Crippen molar-refractivity contribution in [1.29, 1.82) is 0 Å². The number of hydrogen-bond acceptors (Lipinski definition) is 4. The molecule has 1 heterocycles. The number of aryl methyl sites for hydroxylation is 1. The molecule has 1 aliphatic rings. The Balaban J connectivity index is 1.93. The summed E-state index contributed by atoms with van der Waals surface area (Å²) >= 11 is 0. The summed E-state index contributed by atoms with van der Waals surface area (Å²) in [5.74, 6) is 2.18. The Hall–Kier alpha value is -2.10. The lowest BCUT2D eigenvalue weighted by molar-refractivity contribution is 0.303. The molecule has 1 saturated carbocycles. The van der Waals surface area contributed by atoms with Gasteiger partial charge in [-0.3, -0.25) is 0 Å². The van der Waals surface area contributed by atoms with Gasteiger partial charge in [0.15, 0.2) is 0 Å². The fourth-order valence-electron chi connectivity index (χ4n) is 1.93. The molecule has 1 aromatic carbocycles. The second-order valence-corrected chi connectivity index (χ2v) is 4.79. The van der Waals surface area contributed by atoms with Crippen molar-refractivity contribution in [1.82, 2.24) is 9.97 Å². The largest absolute Gasteiger partial charge is 0.490 e. The first-order chi connectivity index (χ1) is 9.24. The van der Waals surface area contributed by atoms with E-state index >= 15 is 0 Å². The molecule has 1 aromatic heterocycles. The van der Waals surface area contributed by atoms with Gasteiger partial charge in [0.05, 0.1) is 11.8 Å². The molecule has 98 valence electrons. The fourth-order valence-corrected chi connectivity index (χ4v) is 1.93. The van der Waals surface area contributed by atoms with Gasteiger partial charge in [0.25, 0.3) is 0 Å². The summed E-state index contributed by atoms with van der Waals surface area (Å²) in [6, 6.07) is 9.79. The minimum Gasteiger partial charge on any atom is -0.490 e. The first-order valence-corrected chi connectivity index (χ1v) is 6.65. The second-order valence-electron chi connectivity index (χ2n) is 4.79. The molecule has 3 rings (SSSR count). The Morgan fingerprint density at radius 1 is 1.26 bits per heavy atom. The number of nitrogens with two attached hydrogens (primary N) is 1. The lowest BCUT2D eigenvalue weighted by atomic mass is 10.1. The van der Waals surface area contributed by atoms with Crippen molar-refractivity contribution in [2.75, 3.05) is 5.73 Å². The Morgan fingerprint density at radius 2 is 2.11 bits per heavy atom. The van der Waals surface area contributed by atoms with Gasteiger partial charge in [-0.05, 0) is 25.0 Å². The summed E-state index contributed by atoms with van der Waals surface area (Å²) in [6.07, 6.45) is 3.49. The van der Waals surface area contributed by atoms with E-state index < -0.39 is 0 Å². The van der Waals surface area contributed by atoms with Gasteiger partial charge in [-0.15, -0.1) is 0 Å². The highest BCUT2D eigenvalue weighted by Crippen LogP contribution is 2.29. The van der Waals surface area contributed by atoms with Crippen LogP contribution in [0.5, 0.6) is 5.75 Å². The Labute approximate surface area is 112 Å². The van der Waals surface area contributed by atoms with Crippen molar-refractivity contribution in [2.24, 2.45) is 0 Å². The third-order valence-corrected chi connectivity index (χ3v) is 3.07. The zero-order valence-electron chi connectivity index (χ0n) is 11.0. The number of hydrogen-bond donors (Lipinski definition) is 1. The molecule has 2 N–H and O–H groups in total. The topological polar surface area (TPSA) is 61.0 Å². The van der Waals surface area contributed by atoms with Crippen molar-refractivity contribution in [2.45, 2.75) is 32.3 Å². The van der Waals surface area contributed by atoms with Crippen LogP contribution in [0.4, 0.5) is 5.82 Å². The van der Waals surface area contributed by atoms with Crippen LogP contribution in [-0.4, -0.2) is 16.1 Å². The molecule has 0 atom stereocenters. The van der Waals surface area contributed by atoms with E-state index in [9.17, 15) is 0 Å². The Bertz CT molecular complexity index is 594. The molecule has 0 bridgehead atoms. The SMILES string of the molecule is CCc1nc(N)cc(-c2cccc(OC3CC3)c2)n1. The van der Waals surface area contributed by atoms with Crippen molar-refractivity contribution < 1.29 is 4.74 Å². The van der Waals surface area contributed by atoms with Crippen molar-refractivity contribution in [3.63, 3.8) is 0 Å². The number of benzene rings is 1. The number of anilines is 1. The van der Waals surface area contributed by atoms with Crippen LogP contribution in [-0.2, 0) is 6.42 Å². The number of nitrogen functional groups attached to an aromatic ring is 1. The van der Waals surface area contributed by atoms with Gasteiger partial charge in [0.1, 0.15) is 17.4 Å². The normalized spacial score (nSPS) is 14.4. The molecule has 0 radical (unpaired) electrons. The summed E-state index contributed by atoms with van der Waals surface area (Å²) in [5, 5.41) is 0. The molecule has 0 amide bonds.